The van der Waals surface area contributed by atoms with Crippen molar-refractivity contribution in [3.05, 3.63) is 47.5 Å². The van der Waals surface area contributed by atoms with Crippen LogP contribution in [0.25, 0.3) is 0 Å². The predicted octanol–water partition coefficient (Wildman–Crippen LogP) is 2.71. The third-order valence-electron chi connectivity index (χ3n) is 4.23. The highest BCUT2D eigenvalue weighted by atomic mass is 32.2. The van der Waals surface area contributed by atoms with Crippen molar-refractivity contribution in [3.8, 4) is 5.75 Å². The van der Waals surface area contributed by atoms with Crippen molar-refractivity contribution in [2.75, 3.05) is 23.3 Å². The molecule has 0 fully saturated rings. The lowest BCUT2D eigenvalue weighted by atomic mass is 10.1. The van der Waals surface area contributed by atoms with Gasteiger partial charge in [-0.15, -0.1) is 0 Å². The lowest BCUT2D eigenvalue weighted by Crippen LogP contribution is -2.27. The van der Waals surface area contributed by atoms with Crippen LogP contribution < -0.4 is 14.4 Å². The molecule has 0 saturated heterocycles. The van der Waals surface area contributed by atoms with Gasteiger partial charge in [-0.1, -0.05) is 17.7 Å². The Balaban J connectivity index is 2.06. The largest absolute Gasteiger partial charge is 0.497 e. The molecule has 132 valence electrons. The van der Waals surface area contributed by atoms with E-state index in [0.29, 0.717) is 30.1 Å². The summed E-state index contributed by atoms with van der Waals surface area (Å²) >= 11 is 0. The third-order valence-corrected chi connectivity index (χ3v) is 5.61. The molecule has 0 saturated carbocycles. The van der Waals surface area contributed by atoms with E-state index in [-0.39, 0.29) is 10.8 Å². The summed E-state index contributed by atoms with van der Waals surface area (Å²) < 4.78 is 33.4. The molecule has 0 atom stereocenters. The Morgan fingerprint density at radius 1 is 1.20 bits per heavy atom. The zero-order chi connectivity index (χ0) is 18.2. The Kier molecular flexibility index (Phi) is 4.43. The number of carbonyl (C=O) groups is 1. The van der Waals surface area contributed by atoms with Crippen molar-refractivity contribution in [1.82, 2.24) is 0 Å². The van der Waals surface area contributed by atoms with Crippen LogP contribution in [0.2, 0.25) is 0 Å². The van der Waals surface area contributed by atoms with Gasteiger partial charge in [0, 0.05) is 19.5 Å². The maximum Gasteiger partial charge on any atom is 0.261 e. The summed E-state index contributed by atoms with van der Waals surface area (Å²) in [5, 5.41) is 0. The Morgan fingerprint density at radius 2 is 1.88 bits per heavy atom. The number of rotatable bonds is 4. The summed E-state index contributed by atoms with van der Waals surface area (Å²) in [6.07, 6.45) is 0.658. The van der Waals surface area contributed by atoms with Gasteiger partial charge < -0.3 is 9.64 Å². The van der Waals surface area contributed by atoms with Crippen LogP contribution in [0.1, 0.15) is 18.1 Å². The van der Waals surface area contributed by atoms with Crippen LogP contribution in [0.4, 0.5) is 11.4 Å². The van der Waals surface area contributed by atoms with Crippen molar-refractivity contribution < 1.29 is 17.9 Å². The van der Waals surface area contributed by atoms with E-state index in [1.807, 2.05) is 13.0 Å². The molecule has 1 N–H and O–H groups in total. The summed E-state index contributed by atoms with van der Waals surface area (Å²) in [6, 6.07) is 10.0. The van der Waals surface area contributed by atoms with Crippen molar-refractivity contribution >= 4 is 27.3 Å². The van der Waals surface area contributed by atoms with Gasteiger partial charge in [-0.2, -0.15) is 0 Å². The molecule has 3 rings (SSSR count). The molecule has 7 heteroatoms. The minimum Gasteiger partial charge on any atom is -0.497 e. The van der Waals surface area contributed by atoms with E-state index in [4.69, 9.17) is 4.74 Å². The monoisotopic (exact) mass is 360 g/mol. The molecule has 2 aromatic rings. The number of hydrogen-bond acceptors (Lipinski definition) is 4. The molecule has 1 amide bonds. The molecule has 2 aromatic carbocycles. The molecule has 0 bridgehead atoms. The lowest BCUT2D eigenvalue weighted by molar-refractivity contribution is -0.116. The fourth-order valence-corrected chi connectivity index (χ4v) is 4.01. The standard InChI is InChI=1S/C18H20N2O4S/c1-12-4-6-16(7-5-12)25(22,23)19-17-11-15(24-3)10-14-8-9-20(13(2)21)18(14)17/h4-7,10-11,19H,8-9H2,1-3H3. The number of benzene rings is 2. The van der Waals surface area contributed by atoms with Crippen LogP contribution in [0.15, 0.2) is 41.3 Å². The molecule has 0 aliphatic carbocycles. The molecule has 0 aromatic heterocycles. The zero-order valence-electron chi connectivity index (χ0n) is 14.4. The topological polar surface area (TPSA) is 75.7 Å². The molecular weight excluding hydrogens is 340 g/mol. The van der Waals surface area contributed by atoms with Gasteiger partial charge in [0.25, 0.3) is 10.0 Å². The van der Waals surface area contributed by atoms with E-state index < -0.39 is 10.0 Å². The second-order valence-electron chi connectivity index (χ2n) is 6.02. The number of sulfonamides is 1. The van der Waals surface area contributed by atoms with Crippen molar-refractivity contribution in [2.24, 2.45) is 0 Å². The number of ether oxygens (including phenoxy) is 1. The quantitative estimate of drug-likeness (QED) is 0.910. The zero-order valence-corrected chi connectivity index (χ0v) is 15.2. The lowest BCUT2D eigenvalue weighted by Gasteiger charge is -2.20. The first-order valence-corrected chi connectivity index (χ1v) is 9.38. The summed E-state index contributed by atoms with van der Waals surface area (Å²) in [7, 11) is -2.24. The molecule has 25 heavy (non-hydrogen) atoms. The average molecular weight is 360 g/mol. The highest BCUT2D eigenvalue weighted by Gasteiger charge is 2.28. The maximum absolute atomic E-state index is 12.7. The van der Waals surface area contributed by atoms with E-state index in [9.17, 15) is 13.2 Å². The summed E-state index contributed by atoms with van der Waals surface area (Å²) in [4.78, 5) is 13.7. The normalized spacial score (nSPS) is 13.5. The minimum atomic E-state index is -3.77. The molecule has 1 aliphatic heterocycles. The number of amides is 1. The summed E-state index contributed by atoms with van der Waals surface area (Å²) in [6.45, 7) is 3.89. The first-order valence-electron chi connectivity index (χ1n) is 7.90. The van der Waals surface area contributed by atoms with Crippen molar-refractivity contribution in [1.29, 1.82) is 0 Å². The number of methoxy groups -OCH3 is 1. The van der Waals surface area contributed by atoms with Crippen molar-refractivity contribution in [3.63, 3.8) is 0 Å². The van der Waals surface area contributed by atoms with Gasteiger partial charge >= 0.3 is 0 Å². The van der Waals surface area contributed by atoms with Crippen LogP contribution >= 0.6 is 0 Å². The molecular formula is C18H20N2O4S. The number of nitrogens with zero attached hydrogens (tertiary/aromatic N) is 1. The highest BCUT2D eigenvalue weighted by molar-refractivity contribution is 7.92. The molecule has 0 unspecified atom stereocenters. The van der Waals surface area contributed by atoms with E-state index in [1.165, 1.54) is 14.0 Å². The van der Waals surface area contributed by atoms with Crippen LogP contribution in [-0.4, -0.2) is 28.0 Å². The second-order valence-corrected chi connectivity index (χ2v) is 7.70. The smallest absolute Gasteiger partial charge is 0.261 e. The van der Waals surface area contributed by atoms with Gasteiger partial charge in [-0.3, -0.25) is 9.52 Å². The molecule has 6 nitrogen and oxygen atoms in total. The van der Waals surface area contributed by atoms with Crippen molar-refractivity contribution in [2.45, 2.75) is 25.2 Å². The Labute approximate surface area is 147 Å². The van der Waals surface area contributed by atoms with Crippen LogP contribution in [-0.2, 0) is 21.2 Å². The Hall–Kier alpha value is -2.54. The molecule has 0 radical (unpaired) electrons. The van der Waals surface area contributed by atoms with Gasteiger partial charge in [-0.05, 0) is 37.1 Å². The fourth-order valence-electron chi connectivity index (χ4n) is 2.95. The number of hydrogen-bond donors (Lipinski definition) is 1. The van der Waals surface area contributed by atoms with Gasteiger partial charge in [0.15, 0.2) is 0 Å². The highest BCUT2D eigenvalue weighted by Crippen LogP contribution is 2.40. The van der Waals surface area contributed by atoms with E-state index in [1.54, 1.807) is 35.2 Å². The molecule has 0 spiro atoms. The number of fused-ring (bicyclic) bond motifs is 1. The summed E-state index contributed by atoms with van der Waals surface area (Å²) in [5.41, 5.74) is 2.81. The Morgan fingerprint density at radius 3 is 2.48 bits per heavy atom. The number of nitrogens with one attached hydrogen (secondary N) is 1. The Bertz CT molecular complexity index is 921. The molecule has 1 aliphatic rings. The SMILES string of the molecule is COc1cc2c(c(NS(=O)(=O)c3ccc(C)cc3)c1)N(C(C)=O)CC2. The first kappa shape index (κ1) is 17.3. The van der Waals surface area contributed by atoms with Crippen LogP contribution in [0.5, 0.6) is 5.75 Å². The van der Waals surface area contributed by atoms with Crippen LogP contribution in [0, 0.1) is 6.92 Å². The molecule has 1 heterocycles. The number of anilines is 2. The van der Waals surface area contributed by atoms with E-state index in [0.717, 1.165) is 11.1 Å². The second kappa shape index (κ2) is 6.40. The first-order chi connectivity index (χ1) is 11.8. The average Bonchev–Trinajstić information content (AvgIpc) is 2.99. The number of carbonyl (C=O) groups excluding carboxylic acids is 1. The van der Waals surface area contributed by atoms with Gasteiger partial charge in [-0.25, -0.2) is 8.42 Å². The van der Waals surface area contributed by atoms with Gasteiger partial charge in [0.2, 0.25) is 5.91 Å². The van der Waals surface area contributed by atoms with E-state index in [2.05, 4.69) is 4.72 Å². The predicted molar refractivity (Wildman–Crippen MR) is 96.7 cm³/mol. The third kappa shape index (κ3) is 3.32. The van der Waals surface area contributed by atoms with Gasteiger partial charge in [0.1, 0.15) is 5.75 Å². The maximum atomic E-state index is 12.7. The van der Waals surface area contributed by atoms with Crippen LogP contribution in [0.3, 0.4) is 0 Å². The van der Waals surface area contributed by atoms with E-state index >= 15 is 0 Å². The fraction of sp³-hybridized carbons (Fsp3) is 0.278. The van der Waals surface area contributed by atoms with Gasteiger partial charge in [0.05, 0.1) is 23.4 Å². The minimum absolute atomic E-state index is 0.125. The summed E-state index contributed by atoms with van der Waals surface area (Å²) in [5.74, 6) is 0.422. The number of aryl methyl sites for hydroxylation is 1.